The van der Waals surface area contributed by atoms with E-state index in [0.717, 1.165) is 23.3 Å². The van der Waals surface area contributed by atoms with Crippen molar-refractivity contribution in [3.8, 4) is 5.75 Å². The molecule has 1 N–H and O–H groups in total. The fourth-order valence-electron chi connectivity index (χ4n) is 6.02. The summed E-state index contributed by atoms with van der Waals surface area (Å²) in [6, 6.07) is 16.2. The summed E-state index contributed by atoms with van der Waals surface area (Å²) in [6.45, 7) is 3.16. The first-order valence-electron chi connectivity index (χ1n) is 10.3. The Morgan fingerprint density at radius 1 is 1.24 bits per heavy atom. The minimum Gasteiger partial charge on any atom is -0.489 e. The molecule has 1 saturated heterocycles. The molecule has 2 aromatic rings. The van der Waals surface area contributed by atoms with Gasteiger partial charge in [-0.1, -0.05) is 43.3 Å². The smallest absolute Gasteiger partial charge is 0.307 e. The summed E-state index contributed by atoms with van der Waals surface area (Å²) in [4.78, 5) is 26.8. The molecule has 0 radical (unpaired) electrons. The number of carbonyl (C=O) groups excluding carboxylic acids is 1. The monoisotopic (exact) mass is 391 g/mol. The Hall–Kier alpha value is -2.82. The molecule has 1 aliphatic carbocycles. The molecule has 1 amide bonds. The second kappa shape index (κ2) is 6.61. The molecule has 2 aliphatic heterocycles. The molecule has 1 unspecified atom stereocenters. The summed E-state index contributed by atoms with van der Waals surface area (Å²) in [6.07, 6.45) is 1.84. The standard InChI is InChI=1S/C24H25NO4/c1-15-13-24-19-11-18(29-14-16-5-3-2-4-6-16)8-7-17(19)9-10-25(24)21(26)12-20(24)22(15)23(27)28/h2-8,11,15,20,22H,9-10,12-14H2,1H3,(H,27,28)/t15-,20-,22+,24?/m0/s1. The van der Waals surface area contributed by atoms with E-state index in [0.29, 0.717) is 26.0 Å². The molecule has 5 rings (SSSR count). The third-order valence-electron chi connectivity index (χ3n) is 7.16. The zero-order valence-electron chi connectivity index (χ0n) is 16.5. The summed E-state index contributed by atoms with van der Waals surface area (Å²) >= 11 is 0. The lowest BCUT2D eigenvalue weighted by Crippen LogP contribution is -2.49. The van der Waals surface area contributed by atoms with Crippen LogP contribution < -0.4 is 4.74 Å². The van der Waals surface area contributed by atoms with Gasteiger partial charge in [0.2, 0.25) is 5.91 Å². The van der Waals surface area contributed by atoms with E-state index in [2.05, 4.69) is 12.1 Å². The van der Waals surface area contributed by atoms with Crippen molar-refractivity contribution >= 4 is 11.9 Å². The fourth-order valence-corrected chi connectivity index (χ4v) is 6.02. The summed E-state index contributed by atoms with van der Waals surface area (Å²) in [5.41, 5.74) is 2.91. The van der Waals surface area contributed by atoms with Crippen LogP contribution in [0, 0.1) is 17.8 Å². The molecule has 1 spiro atoms. The Morgan fingerprint density at radius 3 is 2.79 bits per heavy atom. The van der Waals surface area contributed by atoms with Crippen molar-refractivity contribution in [2.75, 3.05) is 6.54 Å². The van der Waals surface area contributed by atoms with Gasteiger partial charge in [-0.2, -0.15) is 0 Å². The van der Waals surface area contributed by atoms with E-state index in [4.69, 9.17) is 4.74 Å². The van der Waals surface area contributed by atoms with Crippen molar-refractivity contribution in [2.24, 2.45) is 17.8 Å². The maximum absolute atomic E-state index is 12.8. The molecular weight excluding hydrogens is 366 g/mol. The quantitative estimate of drug-likeness (QED) is 0.865. The van der Waals surface area contributed by atoms with Crippen LogP contribution in [-0.4, -0.2) is 28.4 Å². The molecule has 2 aromatic carbocycles. The number of ether oxygens (including phenoxy) is 1. The van der Waals surface area contributed by atoms with Gasteiger partial charge >= 0.3 is 5.97 Å². The van der Waals surface area contributed by atoms with E-state index in [1.54, 1.807) is 0 Å². The minimum atomic E-state index is -0.780. The van der Waals surface area contributed by atoms with Crippen molar-refractivity contribution in [1.29, 1.82) is 0 Å². The van der Waals surface area contributed by atoms with Gasteiger partial charge in [0.1, 0.15) is 12.4 Å². The van der Waals surface area contributed by atoms with Crippen molar-refractivity contribution < 1.29 is 19.4 Å². The number of amides is 1. The van der Waals surface area contributed by atoms with E-state index < -0.39 is 17.4 Å². The molecule has 0 bridgehead atoms. The second-order valence-electron chi connectivity index (χ2n) is 8.67. The normalized spacial score (nSPS) is 29.9. The Morgan fingerprint density at radius 2 is 2.03 bits per heavy atom. The lowest BCUT2D eigenvalue weighted by molar-refractivity contribution is -0.144. The van der Waals surface area contributed by atoms with E-state index in [1.807, 2.05) is 48.2 Å². The predicted molar refractivity (Wildman–Crippen MR) is 107 cm³/mol. The molecule has 150 valence electrons. The number of nitrogens with zero attached hydrogens (tertiary/aromatic N) is 1. The number of carboxylic acids is 1. The van der Waals surface area contributed by atoms with Crippen molar-refractivity contribution in [1.82, 2.24) is 4.90 Å². The average Bonchev–Trinajstić information content (AvgIpc) is 3.15. The van der Waals surface area contributed by atoms with Gasteiger partial charge in [-0.25, -0.2) is 0 Å². The molecule has 1 saturated carbocycles. The van der Waals surface area contributed by atoms with Crippen LogP contribution in [0.25, 0.3) is 0 Å². The maximum atomic E-state index is 12.8. The van der Waals surface area contributed by atoms with Crippen LogP contribution in [0.5, 0.6) is 5.75 Å². The molecule has 5 heteroatoms. The second-order valence-corrected chi connectivity index (χ2v) is 8.67. The van der Waals surface area contributed by atoms with Gasteiger partial charge in [-0.15, -0.1) is 0 Å². The Bertz CT molecular complexity index is 972. The van der Waals surface area contributed by atoms with E-state index in [9.17, 15) is 14.7 Å². The highest BCUT2D eigenvalue weighted by molar-refractivity contribution is 5.84. The van der Waals surface area contributed by atoms with Crippen molar-refractivity contribution in [3.63, 3.8) is 0 Å². The Balaban J connectivity index is 1.53. The lowest BCUT2D eigenvalue weighted by Gasteiger charge is -2.44. The van der Waals surface area contributed by atoms with Crippen molar-refractivity contribution in [2.45, 2.75) is 38.3 Å². The topological polar surface area (TPSA) is 66.8 Å². The Labute approximate surface area is 170 Å². The zero-order chi connectivity index (χ0) is 20.2. The van der Waals surface area contributed by atoms with Gasteiger partial charge in [0.15, 0.2) is 0 Å². The highest BCUT2D eigenvalue weighted by atomic mass is 16.5. The molecule has 2 fully saturated rings. The first-order chi connectivity index (χ1) is 14.0. The highest BCUT2D eigenvalue weighted by Crippen LogP contribution is 2.61. The van der Waals surface area contributed by atoms with Crippen LogP contribution >= 0.6 is 0 Å². The van der Waals surface area contributed by atoms with Gasteiger partial charge in [-0.05, 0) is 47.6 Å². The number of aliphatic carboxylic acids is 1. The molecule has 4 atom stereocenters. The zero-order valence-corrected chi connectivity index (χ0v) is 16.5. The number of rotatable bonds is 4. The van der Waals surface area contributed by atoms with E-state index in [1.165, 1.54) is 5.56 Å². The van der Waals surface area contributed by atoms with Crippen LogP contribution in [-0.2, 0) is 28.2 Å². The first kappa shape index (κ1) is 18.2. The van der Waals surface area contributed by atoms with Crippen molar-refractivity contribution in [3.05, 3.63) is 65.2 Å². The van der Waals surface area contributed by atoms with E-state index >= 15 is 0 Å². The molecule has 5 nitrogen and oxygen atoms in total. The molecular formula is C24H25NO4. The fraction of sp³-hybridized carbons (Fsp3) is 0.417. The average molecular weight is 391 g/mol. The SMILES string of the molecule is C[C@H]1CC23c4cc(OCc5ccccc5)ccc4CCN2C(=O)C[C@H]3[C@@H]1C(=O)O. The van der Waals surface area contributed by atoms with Gasteiger partial charge < -0.3 is 14.7 Å². The third kappa shape index (κ3) is 2.67. The molecule has 29 heavy (non-hydrogen) atoms. The largest absolute Gasteiger partial charge is 0.489 e. The highest BCUT2D eigenvalue weighted by Gasteiger charge is 2.65. The third-order valence-corrected chi connectivity index (χ3v) is 7.16. The van der Waals surface area contributed by atoms with Crippen LogP contribution in [0.3, 0.4) is 0 Å². The van der Waals surface area contributed by atoms with Gasteiger partial charge in [0.05, 0.1) is 11.5 Å². The van der Waals surface area contributed by atoms with Gasteiger partial charge in [0.25, 0.3) is 0 Å². The first-order valence-corrected chi connectivity index (χ1v) is 10.3. The number of hydrogen-bond acceptors (Lipinski definition) is 3. The van der Waals surface area contributed by atoms with Crippen LogP contribution in [0.4, 0.5) is 0 Å². The predicted octanol–water partition coefficient (Wildman–Crippen LogP) is 3.61. The lowest BCUT2D eigenvalue weighted by atomic mass is 9.74. The van der Waals surface area contributed by atoms with E-state index in [-0.39, 0.29) is 17.7 Å². The molecule has 2 heterocycles. The molecule has 0 aromatic heterocycles. The summed E-state index contributed by atoms with van der Waals surface area (Å²) in [7, 11) is 0. The van der Waals surface area contributed by atoms with Gasteiger partial charge in [0, 0.05) is 18.9 Å². The minimum absolute atomic E-state index is 0.0351. The summed E-state index contributed by atoms with van der Waals surface area (Å²) in [5, 5.41) is 9.86. The maximum Gasteiger partial charge on any atom is 0.307 e. The number of hydrogen-bond donors (Lipinski definition) is 1. The van der Waals surface area contributed by atoms with Crippen LogP contribution in [0.1, 0.15) is 36.5 Å². The van der Waals surface area contributed by atoms with Gasteiger partial charge in [-0.3, -0.25) is 9.59 Å². The Kier molecular flexibility index (Phi) is 4.16. The number of carbonyl (C=O) groups is 2. The number of benzene rings is 2. The summed E-state index contributed by atoms with van der Waals surface area (Å²) < 4.78 is 6.06. The van der Waals surface area contributed by atoms with Crippen LogP contribution in [0.15, 0.2) is 48.5 Å². The number of carboxylic acid groups (broad SMARTS) is 1. The van der Waals surface area contributed by atoms with Crippen LogP contribution in [0.2, 0.25) is 0 Å². The molecule has 3 aliphatic rings. The number of fused-ring (bicyclic) bond motifs is 1. The summed E-state index contributed by atoms with van der Waals surface area (Å²) in [5.74, 6) is -0.539.